The van der Waals surface area contributed by atoms with Gasteiger partial charge >= 0.3 is 0 Å². The summed E-state index contributed by atoms with van der Waals surface area (Å²) in [5, 5.41) is 7.59. The van der Waals surface area contributed by atoms with E-state index in [0.717, 1.165) is 18.0 Å². The molecule has 3 nitrogen and oxygen atoms in total. The third-order valence-electron chi connectivity index (χ3n) is 5.23. The summed E-state index contributed by atoms with van der Waals surface area (Å²) in [7, 11) is 0. The van der Waals surface area contributed by atoms with Crippen molar-refractivity contribution in [2.45, 2.75) is 37.3 Å². The molecule has 0 spiro atoms. The third-order valence-corrected chi connectivity index (χ3v) is 6.14. The number of alkyl halides is 2. The Hall–Kier alpha value is -1.47. The van der Waals surface area contributed by atoms with Crippen LogP contribution < -0.4 is 10.7 Å². The first-order valence-electron chi connectivity index (χ1n) is 8.21. The van der Waals surface area contributed by atoms with E-state index in [1.165, 1.54) is 12.0 Å². The molecule has 0 radical (unpaired) electrons. The van der Waals surface area contributed by atoms with Gasteiger partial charge < -0.3 is 5.32 Å². The molecular formula is C18H21F2N3S2. The van der Waals surface area contributed by atoms with E-state index in [1.807, 2.05) is 6.21 Å². The van der Waals surface area contributed by atoms with Gasteiger partial charge in [-0.3, -0.25) is 5.43 Å². The molecule has 25 heavy (non-hydrogen) atoms. The highest BCUT2D eigenvalue weighted by molar-refractivity contribution is 7.99. The Bertz CT molecular complexity index is 699. The van der Waals surface area contributed by atoms with E-state index < -0.39 is 5.76 Å². The number of rotatable bonds is 5. The SMILES string of the molecule is CC1(C)[C@@H]2CC=C(/C=N\NC(=S)Nc3ccc(SC(F)F)cc3)[C@H]1C2. The zero-order chi connectivity index (χ0) is 18.0. The second-order valence-corrected chi connectivity index (χ2v) is 8.45. The lowest BCUT2D eigenvalue weighted by atomic mass is 9.49. The van der Waals surface area contributed by atoms with E-state index in [2.05, 4.69) is 35.8 Å². The topological polar surface area (TPSA) is 36.4 Å². The average molecular weight is 382 g/mol. The van der Waals surface area contributed by atoms with Crippen molar-refractivity contribution in [3.8, 4) is 0 Å². The van der Waals surface area contributed by atoms with Gasteiger partial charge in [0, 0.05) is 10.6 Å². The molecule has 0 aromatic heterocycles. The number of benzene rings is 1. The number of hydrogen-bond acceptors (Lipinski definition) is 3. The van der Waals surface area contributed by atoms with Gasteiger partial charge in [0.15, 0.2) is 5.11 Å². The normalized spacial score (nSPS) is 24.0. The molecular weight excluding hydrogens is 360 g/mol. The first kappa shape index (κ1) is 18.3. The molecule has 4 rings (SSSR count). The van der Waals surface area contributed by atoms with Crippen molar-refractivity contribution in [2.24, 2.45) is 22.4 Å². The zero-order valence-corrected chi connectivity index (χ0v) is 15.8. The Morgan fingerprint density at radius 2 is 2.08 bits per heavy atom. The van der Waals surface area contributed by atoms with E-state index in [9.17, 15) is 8.78 Å². The summed E-state index contributed by atoms with van der Waals surface area (Å²) < 4.78 is 24.6. The minimum atomic E-state index is -2.42. The summed E-state index contributed by atoms with van der Waals surface area (Å²) in [6.45, 7) is 4.64. The van der Waals surface area contributed by atoms with E-state index in [-0.39, 0.29) is 0 Å². The zero-order valence-electron chi connectivity index (χ0n) is 14.1. The Kier molecular flexibility index (Phi) is 5.43. The molecule has 1 fully saturated rings. The maximum Gasteiger partial charge on any atom is 0.288 e. The van der Waals surface area contributed by atoms with Gasteiger partial charge in [0.25, 0.3) is 5.76 Å². The van der Waals surface area contributed by atoms with Crippen molar-refractivity contribution < 1.29 is 8.78 Å². The highest BCUT2D eigenvalue weighted by Crippen LogP contribution is 2.58. The minimum absolute atomic E-state index is 0.368. The molecule has 0 heterocycles. The number of nitrogens with zero attached hydrogens (tertiary/aromatic N) is 1. The number of anilines is 1. The predicted octanol–water partition coefficient (Wildman–Crippen LogP) is 5.27. The van der Waals surface area contributed by atoms with Crippen LogP contribution in [-0.4, -0.2) is 17.1 Å². The Labute approximate surface area is 156 Å². The molecule has 134 valence electrons. The number of nitrogens with one attached hydrogen (secondary N) is 2. The van der Waals surface area contributed by atoms with Gasteiger partial charge in [-0.2, -0.15) is 13.9 Å². The first-order valence-corrected chi connectivity index (χ1v) is 9.50. The highest BCUT2D eigenvalue weighted by Gasteiger charge is 2.50. The molecule has 1 aromatic carbocycles. The van der Waals surface area contributed by atoms with Gasteiger partial charge in [-0.05, 0) is 72.1 Å². The number of thioether (sulfide) groups is 1. The molecule has 0 amide bonds. The van der Waals surface area contributed by atoms with Crippen LogP contribution in [0.5, 0.6) is 0 Å². The number of halogens is 2. The smallest absolute Gasteiger partial charge is 0.288 e. The van der Waals surface area contributed by atoms with Crippen LogP contribution in [0.25, 0.3) is 0 Å². The second-order valence-electron chi connectivity index (χ2n) is 6.97. The lowest BCUT2D eigenvalue weighted by Crippen LogP contribution is -2.48. The summed E-state index contributed by atoms with van der Waals surface area (Å²) in [6, 6.07) is 6.69. The predicted molar refractivity (Wildman–Crippen MR) is 104 cm³/mol. The van der Waals surface area contributed by atoms with E-state index in [1.54, 1.807) is 24.3 Å². The highest BCUT2D eigenvalue weighted by atomic mass is 32.2. The monoisotopic (exact) mass is 381 g/mol. The maximum absolute atomic E-state index is 12.3. The average Bonchev–Trinajstić information content (AvgIpc) is 2.56. The fourth-order valence-electron chi connectivity index (χ4n) is 3.59. The molecule has 0 saturated heterocycles. The fraction of sp³-hybridized carbons (Fsp3) is 0.444. The van der Waals surface area contributed by atoms with Gasteiger partial charge in [0.1, 0.15) is 0 Å². The van der Waals surface area contributed by atoms with Gasteiger partial charge in [0.05, 0.1) is 6.21 Å². The van der Waals surface area contributed by atoms with Crippen LogP contribution in [0.15, 0.2) is 45.9 Å². The summed E-state index contributed by atoms with van der Waals surface area (Å²) >= 11 is 5.73. The molecule has 1 saturated carbocycles. The van der Waals surface area contributed by atoms with Crippen LogP contribution in [0.2, 0.25) is 0 Å². The molecule has 2 N–H and O–H groups in total. The first-order chi connectivity index (χ1) is 11.9. The molecule has 3 aliphatic rings. The maximum atomic E-state index is 12.3. The summed E-state index contributed by atoms with van der Waals surface area (Å²) in [5.74, 6) is -1.03. The van der Waals surface area contributed by atoms with Crippen molar-refractivity contribution in [1.82, 2.24) is 5.43 Å². The number of allylic oxidation sites excluding steroid dienone is 2. The summed E-state index contributed by atoms with van der Waals surface area (Å²) in [5.41, 5.74) is 5.18. The number of hydrazone groups is 1. The summed E-state index contributed by atoms with van der Waals surface area (Å²) in [6.07, 6.45) is 6.50. The van der Waals surface area contributed by atoms with E-state index in [4.69, 9.17) is 12.2 Å². The van der Waals surface area contributed by atoms with E-state index >= 15 is 0 Å². The Morgan fingerprint density at radius 1 is 1.36 bits per heavy atom. The fourth-order valence-corrected chi connectivity index (χ4v) is 4.26. The van der Waals surface area contributed by atoms with Crippen molar-refractivity contribution in [2.75, 3.05) is 5.32 Å². The van der Waals surface area contributed by atoms with Crippen molar-refractivity contribution in [3.63, 3.8) is 0 Å². The Morgan fingerprint density at radius 3 is 2.68 bits per heavy atom. The van der Waals surface area contributed by atoms with Crippen LogP contribution in [0.1, 0.15) is 26.7 Å². The number of fused-ring (bicyclic) bond motifs is 1. The summed E-state index contributed by atoms with van der Waals surface area (Å²) in [4.78, 5) is 0.517. The molecule has 0 unspecified atom stereocenters. The third kappa shape index (κ3) is 4.20. The van der Waals surface area contributed by atoms with Crippen LogP contribution in [0.4, 0.5) is 14.5 Å². The largest absolute Gasteiger partial charge is 0.331 e. The van der Waals surface area contributed by atoms with Gasteiger partial charge in [-0.1, -0.05) is 31.7 Å². The van der Waals surface area contributed by atoms with Crippen LogP contribution >= 0.6 is 24.0 Å². The molecule has 7 heteroatoms. The van der Waals surface area contributed by atoms with E-state index in [0.29, 0.717) is 33.1 Å². The van der Waals surface area contributed by atoms with Gasteiger partial charge in [-0.25, -0.2) is 0 Å². The number of hydrogen-bond donors (Lipinski definition) is 2. The van der Waals surface area contributed by atoms with Gasteiger partial charge in [-0.15, -0.1) is 0 Å². The molecule has 3 aliphatic carbocycles. The Balaban J connectivity index is 1.49. The van der Waals surface area contributed by atoms with Crippen molar-refractivity contribution in [3.05, 3.63) is 35.9 Å². The van der Waals surface area contributed by atoms with Crippen molar-refractivity contribution >= 4 is 41.0 Å². The van der Waals surface area contributed by atoms with Crippen LogP contribution in [0, 0.1) is 17.3 Å². The lowest BCUT2D eigenvalue weighted by molar-refractivity contribution is -0.00126. The van der Waals surface area contributed by atoms with Crippen LogP contribution in [0.3, 0.4) is 0 Å². The standard InChI is InChI=1S/C18H21F2N3S2/c1-18(2)12-4-3-11(15(18)9-12)10-21-23-17(24)22-13-5-7-14(8-6-13)25-16(19)20/h3,5-8,10,12,15-16H,4,9H2,1-2H3,(H2,22,23,24)/b21-10-/t12-,15-/m1/s1. The second kappa shape index (κ2) is 7.41. The van der Waals surface area contributed by atoms with Crippen LogP contribution in [-0.2, 0) is 0 Å². The molecule has 1 aromatic rings. The molecule has 2 atom stereocenters. The molecule has 0 aliphatic heterocycles. The van der Waals surface area contributed by atoms with Gasteiger partial charge in [0.2, 0.25) is 0 Å². The minimum Gasteiger partial charge on any atom is -0.331 e. The molecule has 2 bridgehead atoms. The van der Waals surface area contributed by atoms with Crippen molar-refractivity contribution in [1.29, 1.82) is 0 Å². The quantitative estimate of drug-likeness (QED) is 0.315. The lowest BCUT2D eigenvalue weighted by Gasteiger charge is -2.55. The number of thiocarbonyl (C=S) groups is 1.